The molecule has 0 amide bonds. The minimum atomic E-state index is -1.18. The van der Waals surface area contributed by atoms with E-state index in [1.165, 1.54) is 17.4 Å². The molecule has 2 heterocycles. The van der Waals surface area contributed by atoms with Crippen molar-refractivity contribution in [3.63, 3.8) is 0 Å². The number of carbonyl (C=O) groups excluding carboxylic acids is 1. The highest BCUT2D eigenvalue weighted by Gasteiger charge is 2.37. The molecule has 0 aliphatic carbocycles. The minimum absolute atomic E-state index is 0.0292. The maximum absolute atomic E-state index is 12.2. The second-order valence-corrected chi connectivity index (χ2v) is 6.75. The van der Waals surface area contributed by atoms with Crippen LogP contribution in [0.5, 0.6) is 5.75 Å². The summed E-state index contributed by atoms with van der Waals surface area (Å²) in [5.41, 5.74) is 2.47. The zero-order chi connectivity index (χ0) is 17.1. The molecule has 0 unspecified atom stereocenters. The van der Waals surface area contributed by atoms with Gasteiger partial charge in [-0.1, -0.05) is 12.1 Å². The smallest absolute Gasteiger partial charge is 0.526 e. The van der Waals surface area contributed by atoms with Gasteiger partial charge in [-0.15, -0.1) is 11.3 Å². The summed E-state index contributed by atoms with van der Waals surface area (Å²) in [6.45, 7) is 0. The summed E-state index contributed by atoms with van der Waals surface area (Å²) in [6.07, 6.45) is 3.42. The van der Waals surface area contributed by atoms with Crippen LogP contribution in [0.25, 0.3) is 0 Å². The highest BCUT2D eigenvalue weighted by molar-refractivity contribution is 7.09. The molecule has 8 heteroatoms. The summed E-state index contributed by atoms with van der Waals surface area (Å²) in [5, 5.41) is 19.3. The predicted molar refractivity (Wildman–Crippen MR) is 89.5 cm³/mol. The molecule has 0 saturated heterocycles. The highest BCUT2D eigenvalue weighted by Crippen LogP contribution is 2.36. The van der Waals surface area contributed by atoms with Crippen molar-refractivity contribution in [3.05, 3.63) is 45.9 Å². The van der Waals surface area contributed by atoms with Crippen molar-refractivity contribution in [2.45, 2.75) is 31.5 Å². The molecular formula is C16H16BNO5S. The molecule has 1 aliphatic rings. The molecule has 2 N–H and O–H groups in total. The van der Waals surface area contributed by atoms with Gasteiger partial charge in [0.25, 0.3) is 0 Å². The van der Waals surface area contributed by atoms with E-state index in [1.54, 1.807) is 23.8 Å². The van der Waals surface area contributed by atoms with E-state index in [1.807, 2.05) is 0 Å². The molecule has 0 saturated carbocycles. The van der Waals surface area contributed by atoms with Gasteiger partial charge in [-0.3, -0.25) is 9.78 Å². The van der Waals surface area contributed by atoms with Crippen LogP contribution in [-0.2, 0) is 17.6 Å². The van der Waals surface area contributed by atoms with Crippen LogP contribution in [-0.4, -0.2) is 34.0 Å². The number of carbonyl (C=O) groups is 2. The van der Waals surface area contributed by atoms with E-state index in [0.717, 1.165) is 4.88 Å². The topological polar surface area (TPSA) is 96.7 Å². The molecule has 2 aromatic rings. The van der Waals surface area contributed by atoms with E-state index >= 15 is 0 Å². The van der Waals surface area contributed by atoms with E-state index in [2.05, 4.69) is 4.98 Å². The lowest BCUT2D eigenvalue weighted by Gasteiger charge is -2.28. The Hall–Kier alpha value is -2.19. The summed E-state index contributed by atoms with van der Waals surface area (Å²) >= 11 is 1.51. The number of aryl methyl sites for hydroxylation is 1. The van der Waals surface area contributed by atoms with Crippen LogP contribution < -0.4 is 4.65 Å². The van der Waals surface area contributed by atoms with Crippen LogP contribution in [0.3, 0.4) is 0 Å². The van der Waals surface area contributed by atoms with Crippen molar-refractivity contribution >= 4 is 30.2 Å². The van der Waals surface area contributed by atoms with Crippen molar-refractivity contribution in [3.8, 4) is 5.75 Å². The Morgan fingerprint density at radius 1 is 1.42 bits per heavy atom. The number of carboxylic acids is 1. The van der Waals surface area contributed by atoms with Gasteiger partial charge in [-0.25, -0.2) is 4.79 Å². The Morgan fingerprint density at radius 2 is 2.25 bits per heavy atom. The fraction of sp³-hybridized carbons (Fsp3) is 0.312. The lowest BCUT2D eigenvalue weighted by Crippen LogP contribution is -2.35. The normalized spacial score (nSPS) is 16.4. The number of hydrogen-bond donors (Lipinski definition) is 2. The number of aromatic nitrogens is 1. The Labute approximate surface area is 143 Å². The molecule has 1 aromatic carbocycles. The zero-order valence-corrected chi connectivity index (χ0v) is 13.7. The Kier molecular flexibility index (Phi) is 4.96. The number of benzene rings is 1. The molecule has 0 bridgehead atoms. The third-order valence-corrected chi connectivity index (χ3v) is 4.91. The van der Waals surface area contributed by atoms with Crippen LogP contribution in [0.15, 0.2) is 29.9 Å². The molecule has 0 fully saturated rings. The Balaban J connectivity index is 1.64. The van der Waals surface area contributed by atoms with Gasteiger partial charge in [0, 0.05) is 29.7 Å². The largest absolute Gasteiger partial charge is 0.535 e. The van der Waals surface area contributed by atoms with Gasteiger partial charge in [0.15, 0.2) is 0 Å². The van der Waals surface area contributed by atoms with Gasteiger partial charge in [0.1, 0.15) is 11.5 Å². The van der Waals surface area contributed by atoms with E-state index in [9.17, 15) is 19.7 Å². The number of fused-ring (bicyclic) bond motifs is 1. The molecular weight excluding hydrogens is 329 g/mol. The van der Waals surface area contributed by atoms with Gasteiger partial charge < -0.3 is 14.8 Å². The lowest BCUT2D eigenvalue weighted by atomic mass is 9.64. The number of Topliss-reactive ketones (excluding diaryl/α,β-unsaturated/α-hetero) is 1. The molecule has 1 aliphatic heterocycles. The number of thiazole rings is 1. The molecule has 3 rings (SSSR count). The first kappa shape index (κ1) is 16.7. The number of para-hydroxylation sites is 1. The maximum atomic E-state index is 12.2. The van der Waals surface area contributed by atoms with Crippen LogP contribution in [0.1, 0.15) is 33.6 Å². The third-order valence-electron chi connectivity index (χ3n) is 4.07. The first-order chi connectivity index (χ1) is 11.5. The molecule has 24 heavy (non-hydrogen) atoms. The first-order valence-corrected chi connectivity index (χ1v) is 8.51. The predicted octanol–water partition coefficient (Wildman–Crippen LogP) is 2.22. The molecule has 6 nitrogen and oxygen atoms in total. The van der Waals surface area contributed by atoms with Crippen molar-refractivity contribution < 1.29 is 24.4 Å². The number of ketones is 1. The monoisotopic (exact) mass is 345 g/mol. The summed E-state index contributed by atoms with van der Waals surface area (Å²) in [6, 6.07) is 4.85. The van der Waals surface area contributed by atoms with E-state index in [0.29, 0.717) is 24.8 Å². The second kappa shape index (κ2) is 7.15. The summed E-state index contributed by atoms with van der Waals surface area (Å²) in [7, 11) is -1.18. The lowest BCUT2D eigenvalue weighted by molar-refractivity contribution is -0.119. The fourth-order valence-corrected chi connectivity index (χ4v) is 3.45. The van der Waals surface area contributed by atoms with Crippen molar-refractivity contribution in [1.29, 1.82) is 0 Å². The highest BCUT2D eigenvalue weighted by atomic mass is 32.1. The van der Waals surface area contributed by atoms with Crippen molar-refractivity contribution in [2.24, 2.45) is 0 Å². The Morgan fingerprint density at radius 3 is 2.96 bits per heavy atom. The molecule has 124 valence electrons. The van der Waals surface area contributed by atoms with Gasteiger partial charge in [-0.05, 0) is 24.5 Å². The average Bonchev–Trinajstić information content (AvgIpc) is 3.06. The standard InChI is InChI=1S/C16H16BNO5S/c19-12(4-5-13-8-18-9-24-13)7-11-6-10-2-1-3-14(16(20)21)15(10)23-17(11)22/h1-3,8-9,11,22H,4-7H2,(H,20,21)/t11-/m1/s1. The molecule has 0 radical (unpaired) electrons. The van der Waals surface area contributed by atoms with Gasteiger partial charge in [0.2, 0.25) is 0 Å². The number of nitrogens with zero attached hydrogens (tertiary/aromatic N) is 1. The number of carboxylic acid groups (broad SMARTS) is 1. The van der Waals surface area contributed by atoms with Crippen molar-refractivity contribution in [2.75, 3.05) is 0 Å². The maximum Gasteiger partial charge on any atom is 0.526 e. The fourth-order valence-electron chi connectivity index (χ4n) is 2.85. The van der Waals surface area contributed by atoms with Gasteiger partial charge in [0.05, 0.1) is 11.1 Å². The average molecular weight is 345 g/mol. The summed E-state index contributed by atoms with van der Waals surface area (Å²) in [5.74, 6) is -1.21. The SMILES string of the molecule is O=C(CCc1cncs1)C[C@H]1Cc2cccc(C(=O)O)c2OB1O. The minimum Gasteiger partial charge on any atom is -0.535 e. The molecule has 0 spiro atoms. The quantitative estimate of drug-likeness (QED) is 0.780. The first-order valence-electron chi connectivity index (χ1n) is 7.63. The van der Waals surface area contributed by atoms with Crippen LogP contribution in [0.4, 0.5) is 0 Å². The molecule has 1 aromatic heterocycles. The number of hydrogen-bond acceptors (Lipinski definition) is 6. The van der Waals surface area contributed by atoms with E-state index in [4.69, 9.17) is 4.65 Å². The zero-order valence-electron chi connectivity index (χ0n) is 12.8. The van der Waals surface area contributed by atoms with Gasteiger partial charge >= 0.3 is 13.1 Å². The van der Waals surface area contributed by atoms with Crippen LogP contribution in [0, 0.1) is 0 Å². The number of aromatic carboxylic acids is 1. The Bertz CT molecular complexity index is 749. The molecule has 1 atom stereocenters. The van der Waals surface area contributed by atoms with E-state index < -0.39 is 13.1 Å². The van der Waals surface area contributed by atoms with Crippen molar-refractivity contribution in [1.82, 2.24) is 4.98 Å². The van der Waals surface area contributed by atoms with Gasteiger partial charge in [-0.2, -0.15) is 0 Å². The van der Waals surface area contributed by atoms with E-state index in [-0.39, 0.29) is 29.3 Å². The third kappa shape index (κ3) is 3.65. The summed E-state index contributed by atoms with van der Waals surface area (Å²) in [4.78, 5) is 28.4. The van der Waals surface area contributed by atoms with Crippen LogP contribution >= 0.6 is 11.3 Å². The number of rotatable bonds is 6. The summed E-state index contributed by atoms with van der Waals surface area (Å²) < 4.78 is 5.40. The van der Waals surface area contributed by atoms with Crippen LogP contribution in [0.2, 0.25) is 5.82 Å². The second-order valence-electron chi connectivity index (χ2n) is 5.78.